The van der Waals surface area contributed by atoms with Crippen molar-refractivity contribution in [3.05, 3.63) is 101 Å². The molecule has 128 valence electrons. The highest BCUT2D eigenvalue weighted by atomic mass is 15.5. The number of rotatable bonds is 4. The van der Waals surface area contributed by atoms with Crippen LogP contribution in [-0.2, 0) is 0 Å². The average Bonchev–Trinajstić information content (AvgIpc) is 3.08. The molecule has 0 aliphatic carbocycles. The van der Waals surface area contributed by atoms with Gasteiger partial charge < -0.3 is 0 Å². The van der Waals surface area contributed by atoms with Gasteiger partial charge in [0.1, 0.15) is 17.1 Å². The van der Waals surface area contributed by atoms with Crippen molar-refractivity contribution in [2.45, 2.75) is 19.9 Å². The van der Waals surface area contributed by atoms with Gasteiger partial charge in [0.2, 0.25) is 0 Å². The number of aryl methyl sites for hydroxylation is 2. The van der Waals surface area contributed by atoms with Crippen LogP contribution in [0.15, 0.2) is 78.9 Å². The normalized spacial score (nSPS) is 12.7. The molecule has 3 aromatic carbocycles. The van der Waals surface area contributed by atoms with E-state index in [-0.39, 0.29) is 6.04 Å². The Bertz CT molecular complexity index is 1010. The summed E-state index contributed by atoms with van der Waals surface area (Å²) in [6, 6.07) is 25.0. The van der Waals surface area contributed by atoms with E-state index in [1.807, 2.05) is 24.3 Å². The Morgan fingerprint density at radius 1 is 0.731 bits per heavy atom. The third-order valence-electron chi connectivity index (χ3n) is 4.52. The highest BCUT2D eigenvalue weighted by Gasteiger charge is 2.14. The summed E-state index contributed by atoms with van der Waals surface area (Å²) in [5.41, 5.74) is 6.66. The van der Waals surface area contributed by atoms with Crippen molar-refractivity contribution in [1.29, 1.82) is 0 Å². The summed E-state index contributed by atoms with van der Waals surface area (Å²) in [5.74, 6) is 0. The highest BCUT2D eigenvalue weighted by Crippen LogP contribution is 2.22. The summed E-state index contributed by atoms with van der Waals surface area (Å²) in [7, 11) is 0. The minimum Gasteiger partial charge on any atom is -0.172 e. The van der Waals surface area contributed by atoms with E-state index in [2.05, 4.69) is 74.5 Å². The van der Waals surface area contributed by atoms with Crippen molar-refractivity contribution < 1.29 is 0 Å². The highest BCUT2D eigenvalue weighted by molar-refractivity contribution is 5.73. The zero-order valence-corrected chi connectivity index (χ0v) is 15.0. The van der Waals surface area contributed by atoms with Gasteiger partial charge in [0, 0.05) is 0 Å². The standard InChI is InChI=1S/C23H21N3/c1-17-7-11-19(12-8-17)13-16-23(20-14-9-18(2)10-15-20)26-24-21-5-3-4-6-22(21)25-26/h3-16,23H,1-2H3/b16-13+. The smallest absolute Gasteiger partial charge is 0.115 e. The van der Waals surface area contributed by atoms with Gasteiger partial charge in [-0.25, -0.2) is 0 Å². The van der Waals surface area contributed by atoms with Gasteiger partial charge in [0.05, 0.1) is 0 Å². The molecule has 3 heteroatoms. The number of aromatic nitrogens is 3. The molecule has 1 atom stereocenters. The molecule has 0 amide bonds. The maximum Gasteiger partial charge on any atom is 0.115 e. The van der Waals surface area contributed by atoms with Gasteiger partial charge in [-0.2, -0.15) is 15.0 Å². The van der Waals surface area contributed by atoms with E-state index in [1.54, 1.807) is 4.80 Å². The molecular formula is C23H21N3. The lowest BCUT2D eigenvalue weighted by Gasteiger charge is -2.13. The molecule has 1 unspecified atom stereocenters. The summed E-state index contributed by atoms with van der Waals surface area (Å²) < 4.78 is 0. The van der Waals surface area contributed by atoms with Crippen LogP contribution in [0.1, 0.15) is 28.3 Å². The van der Waals surface area contributed by atoms with Crippen molar-refractivity contribution in [3.63, 3.8) is 0 Å². The fourth-order valence-electron chi connectivity index (χ4n) is 2.97. The lowest BCUT2D eigenvalue weighted by Crippen LogP contribution is -2.11. The molecule has 0 radical (unpaired) electrons. The van der Waals surface area contributed by atoms with Gasteiger partial charge in [-0.3, -0.25) is 0 Å². The van der Waals surface area contributed by atoms with Crippen molar-refractivity contribution in [1.82, 2.24) is 15.0 Å². The molecule has 1 aromatic heterocycles. The second kappa shape index (κ2) is 6.96. The summed E-state index contributed by atoms with van der Waals surface area (Å²) in [6.07, 6.45) is 4.30. The number of hydrogen-bond donors (Lipinski definition) is 0. The molecule has 0 N–H and O–H groups in total. The summed E-state index contributed by atoms with van der Waals surface area (Å²) in [5, 5.41) is 9.39. The van der Waals surface area contributed by atoms with Gasteiger partial charge >= 0.3 is 0 Å². The number of benzene rings is 3. The SMILES string of the molecule is Cc1ccc(/C=C/C(c2ccc(C)cc2)n2nc3ccccc3n2)cc1. The van der Waals surface area contributed by atoms with Crippen LogP contribution >= 0.6 is 0 Å². The second-order valence-electron chi connectivity index (χ2n) is 6.63. The van der Waals surface area contributed by atoms with E-state index in [9.17, 15) is 0 Å². The Balaban J connectivity index is 1.75. The van der Waals surface area contributed by atoms with Gasteiger partial charge in [-0.15, -0.1) is 0 Å². The van der Waals surface area contributed by atoms with Crippen LogP contribution in [0.2, 0.25) is 0 Å². The van der Waals surface area contributed by atoms with E-state index >= 15 is 0 Å². The van der Waals surface area contributed by atoms with E-state index in [0.29, 0.717) is 0 Å². The molecule has 0 saturated carbocycles. The number of fused-ring (bicyclic) bond motifs is 1. The van der Waals surface area contributed by atoms with Gasteiger partial charge in [-0.1, -0.05) is 83.9 Å². The quantitative estimate of drug-likeness (QED) is 0.502. The Kier molecular flexibility index (Phi) is 4.36. The first-order chi connectivity index (χ1) is 12.7. The van der Waals surface area contributed by atoms with Crippen LogP contribution in [0.5, 0.6) is 0 Å². The monoisotopic (exact) mass is 339 g/mol. The molecule has 0 aliphatic rings. The lowest BCUT2D eigenvalue weighted by molar-refractivity contribution is 0.540. The first kappa shape index (κ1) is 16.3. The predicted octanol–water partition coefficient (Wildman–Crippen LogP) is 5.35. The summed E-state index contributed by atoms with van der Waals surface area (Å²) in [4.78, 5) is 1.81. The summed E-state index contributed by atoms with van der Waals surface area (Å²) in [6.45, 7) is 4.20. The Morgan fingerprint density at radius 2 is 1.27 bits per heavy atom. The van der Waals surface area contributed by atoms with Crippen LogP contribution in [0.25, 0.3) is 17.1 Å². The third kappa shape index (κ3) is 3.42. The van der Waals surface area contributed by atoms with E-state index in [0.717, 1.165) is 11.0 Å². The van der Waals surface area contributed by atoms with Gasteiger partial charge in [0.15, 0.2) is 0 Å². The van der Waals surface area contributed by atoms with Crippen LogP contribution < -0.4 is 0 Å². The Hall–Kier alpha value is -3.20. The molecule has 3 nitrogen and oxygen atoms in total. The van der Waals surface area contributed by atoms with Gasteiger partial charge in [0.25, 0.3) is 0 Å². The lowest BCUT2D eigenvalue weighted by atomic mass is 10.0. The fraction of sp³-hybridized carbons (Fsp3) is 0.130. The van der Waals surface area contributed by atoms with E-state index in [1.165, 1.54) is 22.3 Å². The van der Waals surface area contributed by atoms with E-state index < -0.39 is 0 Å². The molecule has 26 heavy (non-hydrogen) atoms. The zero-order valence-electron chi connectivity index (χ0n) is 15.0. The van der Waals surface area contributed by atoms with Crippen LogP contribution in [-0.4, -0.2) is 15.0 Å². The molecule has 1 heterocycles. The minimum absolute atomic E-state index is 0.0516. The van der Waals surface area contributed by atoms with Crippen LogP contribution in [0.3, 0.4) is 0 Å². The molecule has 4 rings (SSSR count). The molecule has 0 saturated heterocycles. The topological polar surface area (TPSA) is 30.7 Å². The first-order valence-electron chi connectivity index (χ1n) is 8.82. The van der Waals surface area contributed by atoms with Crippen molar-refractivity contribution in [2.75, 3.05) is 0 Å². The maximum atomic E-state index is 4.69. The molecule has 0 spiro atoms. The van der Waals surface area contributed by atoms with Crippen LogP contribution in [0.4, 0.5) is 0 Å². The van der Waals surface area contributed by atoms with E-state index in [4.69, 9.17) is 10.2 Å². The van der Waals surface area contributed by atoms with Crippen molar-refractivity contribution in [2.24, 2.45) is 0 Å². The Morgan fingerprint density at radius 3 is 1.85 bits per heavy atom. The molecular weight excluding hydrogens is 318 g/mol. The number of nitrogens with zero attached hydrogens (tertiary/aromatic N) is 3. The average molecular weight is 339 g/mol. The van der Waals surface area contributed by atoms with Crippen molar-refractivity contribution >= 4 is 17.1 Å². The molecule has 0 bridgehead atoms. The summed E-state index contributed by atoms with van der Waals surface area (Å²) >= 11 is 0. The second-order valence-corrected chi connectivity index (χ2v) is 6.63. The largest absolute Gasteiger partial charge is 0.172 e. The minimum atomic E-state index is -0.0516. The molecule has 4 aromatic rings. The molecule has 0 fully saturated rings. The zero-order chi connectivity index (χ0) is 17.9. The fourth-order valence-corrected chi connectivity index (χ4v) is 2.97. The van der Waals surface area contributed by atoms with Crippen LogP contribution in [0, 0.1) is 13.8 Å². The maximum absolute atomic E-state index is 4.69. The van der Waals surface area contributed by atoms with Gasteiger partial charge in [-0.05, 0) is 37.1 Å². The number of allylic oxidation sites excluding steroid dienone is 1. The predicted molar refractivity (Wildman–Crippen MR) is 107 cm³/mol. The third-order valence-corrected chi connectivity index (χ3v) is 4.52. The number of hydrogen-bond acceptors (Lipinski definition) is 2. The first-order valence-corrected chi connectivity index (χ1v) is 8.82. The Labute approximate surface area is 153 Å². The van der Waals surface area contributed by atoms with Crippen molar-refractivity contribution in [3.8, 4) is 0 Å². The molecule has 0 aliphatic heterocycles.